The van der Waals surface area contributed by atoms with Crippen molar-refractivity contribution in [2.45, 2.75) is 34.1 Å². The first kappa shape index (κ1) is 18.9. The van der Waals surface area contributed by atoms with Crippen molar-refractivity contribution >= 4 is 17.2 Å². The lowest BCUT2D eigenvalue weighted by atomic mass is 10.0. The zero-order chi connectivity index (χ0) is 20.5. The van der Waals surface area contributed by atoms with Crippen molar-refractivity contribution in [3.8, 4) is 11.3 Å². The summed E-state index contributed by atoms with van der Waals surface area (Å²) in [5.41, 5.74) is 8.26. The Bertz CT molecular complexity index is 1200. The minimum absolute atomic E-state index is 0.150. The average molecular weight is 383 g/mol. The van der Waals surface area contributed by atoms with Crippen LogP contribution in [-0.4, -0.2) is 15.3 Å². The Labute approximate surface area is 171 Å². The maximum Gasteiger partial charge on any atom is 0.274 e. The van der Waals surface area contributed by atoms with Crippen molar-refractivity contribution < 1.29 is 4.79 Å². The molecule has 0 saturated heterocycles. The van der Waals surface area contributed by atoms with Gasteiger partial charge in [0.25, 0.3) is 5.91 Å². The molecule has 2 heterocycles. The molecule has 0 radical (unpaired) electrons. The minimum atomic E-state index is -0.150. The quantitative estimate of drug-likeness (QED) is 0.488. The third-order valence-corrected chi connectivity index (χ3v) is 5.29. The van der Waals surface area contributed by atoms with Crippen molar-refractivity contribution in [2.75, 3.05) is 5.32 Å². The topological polar surface area (TPSA) is 46.4 Å². The second-order valence-corrected chi connectivity index (χ2v) is 7.53. The van der Waals surface area contributed by atoms with Crippen LogP contribution in [0, 0.1) is 20.8 Å². The summed E-state index contributed by atoms with van der Waals surface area (Å²) in [4.78, 5) is 18.3. The molecule has 4 heteroatoms. The number of carbonyl (C=O) groups is 1. The number of pyridine rings is 1. The molecule has 0 spiro atoms. The molecule has 4 rings (SSSR count). The fourth-order valence-electron chi connectivity index (χ4n) is 3.66. The van der Waals surface area contributed by atoms with Crippen molar-refractivity contribution in [3.63, 3.8) is 0 Å². The molecule has 146 valence electrons. The lowest BCUT2D eigenvalue weighted by molar-refractivity contribution is 0.102. The monoisotopic (exact) mass is 383 g/mol. The molecule has 2 aromatic heterocycles. The molecule has 0 unspecified atom stereocenters. The highest BCUT2D eigenvalue weighted by molar-refractivity contribution is 6.08. The molecule has 0 fully saturated rings. The van der Waals surface area contributed by atoms with E-state index in [1.165, 1.54) is 5.56 Å². The van der Waals surface area contributed by atoms with Gasteiger partial charge in [0, 0.05) is 17.4 Å². The van der Waals surface area contributed by atoms with Gasteiger partial charge in [-0.3, -0.25) is 9.20 Å². The molecule has 2 aromatic carbocycles. The van der Waals surface area contributed by atoms with Gasteiger partial charge >= 0.3 is 0 Å². The second kappa shape index (κ2) is 7.55. The predicted molar refractivity (Wildman–Crippen MR) is 119 cm³/mol. The first-order valence-electron chi connectivity index (χ1n) is 9.93. The fraction of sp³-hybridized carbons (Fsp3) is 0.200. The van der Waals surface area contributed by atoms with E-state index in [9.17, 15) is 4.79 Å². The van der Waals surface area contributed by atoms with E-state index in [-0.39, 0.29) is 5.91 Å². The zero-order valence-electron chi connectivity index (χ0n) is 17.3. The fourth-order valence-corrected chi connectivity index (χ4v) is 3.66. The number of aromatic nitrogens is 2. The van der Waals surface area contributed by atoms with E-state index >= 15 is 0 Å². The molecule has 0 aliphatic carbocycles. The Balaban J connectivity index is 1.87. The van der Waals surface area contributed by atoms with Gasteiger partial charge in [-0.25, -0.2) is 4.98 Å². The largest absolute Gasteiger partial charge is 0.320 e. The number of hydrogen-bond acceptors (Lipinski definition) is 2. The number of anilines is 1. The van der Waals surface area contributed by atoms with Crippen LogP contribution < -0.4 is 5.32 Å². The SMILES string of the molecule is CCc1cccc(C)c1NC(=O)c1c(-c2ccc(C)cc2)nc2ccc(C)cn12. The number of nitrogens with zero attached hydrogens (tertiary/aromatic N) is 2. The first-order chi connectivity index (χ1) is 14.0. The maximum absolute atomic E-state index is 13.5. The Hall–Kier alpha value is -3.40. The molecule has 4 aromatic rings. The standard InChI is InChI=1S/C25H25N3O/c1-5-19-8-6-7-18(4)22(19)27-25(29)24-23(20-12-9-16(2)10-13-20)26-21-14-11-17(3)15-28(21)24/h6-15H,5H2,1-4H3,(H,27,29). The summed E-state index contributed by atoms with van der Waals surface area (Å²) in [6, 6.07) is 18.2. The number of nitrogens with one attached hydrogen (secondary N) is 1. The highest BCUT2D eigenvalue weighted by atomic mass is 16.2. The molecule has 1 N–H and O–H groups in total. The number of fused-ring (bicyclic) bond motifs is 1. The number of amides is 1. The highest BCUT2D eigenvalue weighted by Gasteiger charge is 2.22. The van der Waals surface area contributed by atoms with Crippen molar-refractivity contribution in [2.24, 2.45) is 0 Å². The number of benzene rings is 2. The molecule has 0 saturated carbocycles. The number of aryl methyl sites for hydroxylation is 4. The van der Waals surface area contributed by atoms with Gasteiger partial charge in [0.2, 0.25) is 0 Å². The molecule has 4 nitrogen and oxygen atoms in total. The highest BCUT2D eigenvalue weighted by Crippen LogP contribution is 2.28. The predicted octanol–water partition coefficient (Wildman–Crippen LogP) is 5.74. The lowest BCUT2D eigenvalue weighted by Crippen LogP contribution is -2.17. The molecule has 0 aliphatic rings. The van der Waals surface area contributed by atoms with Crippen LogP contribution in [0.4, 0.5) is 5.69 Å². The van der Waals surface area contributed by atoms with Gasteiger partial charge < -0.3 is 5.32 Å². The van der Waals surface area contributed by atoms with Crippen LogP contribution in [0.1, 0.15) is 39.7 Å². The van der Waals surface area contributed by atoms with Crippen LogP contribution in [-0.2, 0) is 6.42 Å². The van der Waals surface area contributed by atoms with Gasteiger partial charge in [-0.15, -0.1) is 0 Å². The van der Waals surface area contributed by atoms with E-state index < -0.39 is 0 Å². The van der Waals surface area contributed by atoms with E-state index in [2.05, 4.69) is 25.2 Å². The summed E-state index contributed by atoms with van der Waals surface area (Å²) in [5, 5.41) is 3.17. The van der Waals surface area contributed by atoms with Crippen molar-refractivity contribution in [3.05, 3.63) is 88.7 Å². The zero-order valence-corrected chi connectivity index (χ0v) is 17.3. The smallest absolute Gasteiger partial charge is 0.274 e. The van der Waals surface area contributed by atoms with E-state index in [0.29, 0.717) is 11.4 Å². The third kappa shape index (κ3) is 3.54. The molecular weight excluding hydrogens is 358 g/mol. The van der Waals surface area contributed by atoms with Crippen LogP contribution in [0.15, 0.2) is 60.8 Å². The number of hydrogen-bond donors (Lipinski definition) is 1. The summed E-state index contributed by atoms with van der Waals surface area (Å²) in [6.45, 7) is 8.19. The second-order valence-electron chi connectivity index (χ2n) is 7.53. The number of imidazole rings is 1. The van der Waals surface area contributed by atoms with Gasteiger partial charge in [0.05, 0.1) is 0 Å². The van der Waals surface area contributed by atoms with Crippen LogP contribution in [0.3, 0.4) is 0 Å². The number of carbonyl (C=O) groups excluding carboxylic acids is 1. The van der Waals surface area contributed by atoms with Crippen LogP contribution in [0.2, 0.25) is 0 Å². The average Bonchev–Trinajstić information content (AvgIpc) is 3.08. The Morgan fingerprint density at radius 2 is 1.69 bits per heavy atom. The number of para-hydroxylation sites is 1. The molecule has 0 aliphatic heterocycles. The van der Waals surface area contributed by atoms with Crippen molar-refractivity contribution in [1.82, 2.24) is 9.38 Å². The number of rotatable bonds is 4. The summed E-state index contributed by atoms with van der Waals surface area (Å²) >= 11 is 0. The lowest BCUT2D eigenvalue weighted by Gasteiger charge is -2.14. The summed E-state index contributed by atoms with van der Waals surface area (Å²) in [6.07, 6.45) is 2.82. The van der Waals surface area contributed by atoms with Gasteiger partial charge in [-0.1, -0.05) is 61.0 Å². The first-order valence-corrected chi connectivity index (χ1v) is 9.93. The Kier molecular flexibility index (Phi) is 4.93. The maximum atomic E-state index is 13.5. The van der Waals surface area contributed by atoms with Crippen LogP contribution >= 0.6 is 0 Å². The Morgan fingerprint density at radius 1 is 0.966 bits per heavy atom. The van der Waals surface area contributed by atoms with Gasteiger partial charge in [0.15, 0.2) is 0 Å². The van der Waals surface area contributed by atoms with Gasteiger partial charge in [-0.05, 0) is 49.9 Å². The van der Waals surface area contributed by atoms with Crippen LogP contribution in [0.25, 0.3) is 16.9 Å². The summed E-state index contributed by atoms with van der Waals surface area (Å²) < 4.78 is 1.89. The molecule has 0 bridgehead atoms. The molecule has 29 heavy (non-hydrogen) atoms. The molecule has 0 atom stereocenters. The van der Waals surface area contributed by atoms with Gasteiger partial charge in [-0.2, -0.15) is 0 Å². The summed E-state index contributed by atoms with van der Waals surface area (Å²) in [7, 11) is 0. The molecular formula is C25H25N3O. The third-order valence-electron chi connectivity index (χ3n) is 5.29. The summed E-state index contributed by atoms with van der Waals surface area (Å²) in [5.74, 6) is -0.150. The van der Waals surface area contributed by atoms with Gasteiger partial charge in [0.1, 0.15) is 17.0 Å². The minimum Gasteiger partial charge on any atom is -0.320 e. The van der Waals surface area contributed by atoms with Crippen molar-refractivity contribution in [1.29, 1.82) is 0 Å². The van der Waals surface area contributed by atoms with E-state index in [0.717, 1.165) is 40.0 Å². The van der Waals surface area contributed by atoms with E-state index in [1.54, 1.807) is 0 Å². The Morgan fingerprint density at radius 3 is 2.41 bits per heavy atom. The van der Waals surface area contributed by atoms with Crippen LogP contribution in [0.5, 0.6) is 0 Å². The van der Waals surface area contributed by atoms with E-state index in [1.807, 2.05) is 73.0 Å². The van der Waals surface area contributed by atoms with E-state index in [4.69, 9.17) is 4.98 Å². The normalized spacial score (nSPS) is 11.0. The molecule has 1 amide bonds.